The first-order valence-corrected chi connectivity index (χ1v) is 6.34. The number of rotatable bonds is 5. The molecule has 0 bridgehead atoms. The zero-order valence-electron chi connectivity index (χ0n) is 11.7. The number of aromatic nitrogens is 1. The summed E-state index contributed by atoms with van der Waals surface area (Å²) in [5.41, 5.74) is 1.23. The van der Waals surface area contributed by atoms with Crippen LogP contribution in [0.2, 0.25) is 0 Å². The van der Waals surface area contributed by atoms with Crippen LogP contribution in [0.15, 0.2) is 18.2 Å². The number of anilines is 1. The molecule has 1 rings (SSSR count). The van der Waals surface area contributed by atoms with Gasteiger partial charge in [-0.1, -0.05) is 13.0 Å². The van der Waals surface area contributed by atoms with Gasteiger partial charge >= 0.3 is 0 Å². The SMILES string of the molecule is CCCN(C)c1cccc(CNC(C)(C)C)n1. The molecule has 0 amide bonds. The summed E-state index contributed by atoms with van der Waals surface area (Å²) in [7, 11) is 2.09. The predicted molar refractivity (Wildman–Crippen MR) is 74.4 cm³/mol. The van der Waals surface area contributed by atoms with E-state index >= 15 is 0 Å². The summed E-state index contributed by atoms with van der Waals surface area (Å²) >= 11 is 0. The van der Waals surface area contributed by atoms with Crippen molar-refractivity contribution in [2.75, 3.05) is 18.5 Å². The first-order valence-electron chi connectivity index (χ1n) is 6.34. The van der Waals surface area contributed by atoms with Crippen molar-refractivity contribution in [3.8, 4) is 0 Å². The van der Waals surface area contributed by atoms with Crippen molar-refractivity contribution in [3.05, 3.63) is 23.9 Å². The summed E-state index contributed by atoms with van der Waals surface area (Å²) in [4.78, 5) is 6.85. The van der Waals surface area contributed by atoms with Crippen LogP contribution in [0, 0.1) is 0 Å². The molecule has 0 radical (unpaired) electrons. The highest BCUT2D eigenvalue weighted by Crippen LogP contribution is 2.11. The molecule has 0 aliphatic rings. The van der Waals surface area contributed by atoms with Gasteiger partial charge in [-0.25, -0.2) is 4.98 Å². The summed E-state index contributed by atoms with van der Waals surface area (Å²) in [5, 5.41) is 3.46. The molecule has 0 aliphatic carbocycles. The summed E-state index contributed by atoms with van der Waals surface area (Å²) in [5.74, 6) is 1.06. The van der Waals surface area contributed by atoms with Gasteiger partial charge in [-0.2, -0.15) is 0 Å². The highest BCUT2D eigenvalue weighted by atomic mass is 15.2. The standard InChI is InChI=1S/C14H25N3/c1-6-10-17(5)13-9-7-8-12(16-13)11-15-14(2,3)4/h7-9,15H,6,10-11H2,1-5H3. The molecule has 1 heterocycles. The molecule has 0 saturated heterocycles. The van der Waals surface area contributed by atoms with Gasteiger partial charge in [0, 0.05) is 25.7 Å². The van der Waals surface area contributed by atoms with E-state index in [1.165, 1.54) is 0 Å². The lowest BCUT2D eigenvalue weighted by Crippen LogP contribution is -2.35. The fourth-order valence-corrected chi connectivity index (χ4v) is 1.58. The molecule has 17 heavy (non-hydrogen) atoms. The zero-order chi connectivity index (χ0) is 12.9. The van der Waals surface area contributed by atoms with Crippen molar-refractivity contribution in [2.45, 2.75) is 46.2 Å². The largest absolute Gasteiger partial charge is 0.360 e. The molecular weight excluding hydrogens is 210 g/mol. The van der Waals surface area contributed by atoms with Crippen molar-refractivity contribution >= 4 is 5.82 Å². The molecule has 1 aromatic rings. The average Bonchev–Trinajstić information content (AvgIpc) is 2.26. The Hall–Kier alpha value is -1.09. The minimum atomic E-state index is 0.132. The van der Waals surface area contributed by atoms with E-state index in [2.05, 4.69) is 68.1 Å². The van der Waals surface area contributed by atoms with E-state index in [9.17, 15) is 0 Å². The minimum Gasteiger partial charge on any atom is -0.360 e. The molecule has 1 aromatic heterocycles. The predicted octanol–water partition coefficient (Wildman–Crippen LogP) is 2.82. The lowest BCUT2D eigenvalue weighted by molar-refractivity contribution is 0.421. The second-order valence-electron chi connectivity index (χ2n) is 5.51. The fourth-order valence-electron chi connectivity index (χ4n) is 1.58. The second kappa shape index (κ2) is 6.01. The van der Waals surface area contributed by atoms with Crippen molar-refractivity contribution in [3.63, 3.8) is 0 Å². The number of nitrogens with zero attached hydrogens (tertiary/aromatic N) is 2. The average molecular weight is 235 g/mol. The van der Waals surface area contributed by atoms with Crippen LogP contribution in [-0.4, -0.2) is 24.1 Å². The van der Waals surface area contributed by atoms with E-state index in [0.29, 0.717) is 0 Å². The molecule has 0 unspecified atom stereocenters. The molecule has 0 spiro atoms. The molecule has 1 N–H and O–H groups in total. The van der Waals surface area contributed by atoms with Crippen LogP contribution in [-0.2, 0) is 6.54 Å². The van der Waals surface area contributed by atoms with Crippen LogP contribution >= 0.6 is 0 Å². The van der Waals surface area contributed by atoms with Crippen molar-refractivity contribution in [1.82, 2.24) is 10.3 Å². The Morgan fingerprint density at radius 2 is 2.00 bits per heavy atom. The van der Waals surface area contributed by atoms with E-state index < -0.39 is 0 Å². The van der Waals surface area contributed by atoms with Crippen LogP contribution in [0.5, 0.6) is 0 Å². The van der Waals surface area contributed by atoms with Gasteiger partial charge < -0.3 is 10.2 Å². The summed E-state index contributed by atoms with van der Waals surface area (Å²) in [6.07, 6.45) is 1.14. The van der Waals surface area contributed by atoms with Crippen LogP contribution in [0.3, 0.4) is 0 Å². The maximum Gasteiger partial charge on any atom is 0.128 e. The Morgan fingerprint density at radius 1 is 1.29 bits per heavy atom. The van der Waals surface area contributed by atoms with E-state index in [-0.39, 0.29) is 5.54 Å². The molecule has 0 saturated carbocycles. The Balaban J connectivity index is 2.66. The lowest BCUT2D eigenvalue weighted by atomic mass is 10.1. The molecular formula is C14H25N3. The van der Waals surface area contributed by atoms with Gasteiger partial charge in [0.25, 0.3) is 0 Å². The molecule has 0 aliphatic heterocycles. The van der Waals surface area contributed by atoms with Crippen molar-refractivity contribution < 1.29 is 0 Å². The Kier molecular flexibility index (Phi) is 4.94. The van der Waals surface area contributed by atoms with E-state index in [1.54, 1.807) is 0 Å². The molecule has 3 nitrogen and oxygen atoms in total. The maximum atomic E-state index is 4.66. The molecule has 96 valence electrons. The summed E-state index contributed by atoms with van der Waals surface area (Å²) in [6.45, 7) is 10.5. The van der Waals surface area contributed by atoms with Gasteiger partial charge in [0.15, 0.2) is 0 Å². The van der Waals surface area contributed by atoms with Gasteiger partial charge in [0.1, 0.15) is 5.82 Å². The topological polar surface area (TPSA) is 28.2 Å². The van der Waals surface area contributed by atoms with Crippen LogP contribution in [0.25, 0.3) is 0 Å². The first kappa shape index (κ1) is 14.0. The van der Waals surface area contributed by atoms with Crippen molar-refractivity contribution in [2.24, 2.45) is 0 Å². The molecule has 0 atom stereocenters. The Bertz CT molecular complexity index is 342. The third-order valence-corrected chi connectivity index (χ3v) is 2.54. The number of pyridine rings is 1. The smallest absolute Gasteiger partial charge is 0.128 e. The zero-order valence-corrected chi connectivity index (χ0v) is 11.7. The monoisotopic (exact) mass is 235 g/mol. The summed E-state index contributed by atoms with van der Waals surface area (Å²) < 4.78 is 0. The Morgan fingerprint density at radius 3 is 2.59 bits per heavy atom. The minimum absolute atomic E-state index is 0.132. The number of nitrogens with one attached hydrogen (secondary N) is 1. The van der Waals surface area contributed by atoms with Gasteiger partial charge in [-0.3, -0.25) is 0 Å². The Labute approximate surface area is 105 Å². The highest BCUT2D eigenvalue weighted by molar-refractivity contribution is 5.38. The normalized spacial score (nSPS) is 11.6. The first-order chi connectivity index (χ1) is 7.92. The molecule has 0 fully saturated rings. The number of hydrogen-bond donors (Lipinski definition) is 1. The van der Waals surface area contributed by atoms with Gasteiger partial charge in [-0.15, -0.1) is 0 Å². The van der Waals surface area contributed by atoms with E-state index in [4.69, 9.17) is 0 Å². The third-order valence-electron chi connectivity index (χ3n) is 2.54. The van der Waals surface area contributed by atoms with Gasteiger partial charge in [0.05, 0.1) is 5.69 Å². The third kappa shape index (κ3) is 5.18. The van der Waals surface area contributed by atoms with E-state index in [0.717, 1.165) is 31.0 Å². The van der Waals surface area contributed by atoms with E-state index in [1.807, 2.05) is 0 Å². The van der Waals surface area contributed by atoms with Crippen molar-refractivity contribution in [1.29, 1.82) is 0 Å². The van der Waals surface area contributed by atoms with Crippen LogP contribution < -0.4 is 10.2 Å². The van der Waals surface area contributed by atoms with Crippen LogP contribution in [0.4, 0.5) is 5.82 Å². The molecule has 3 heteroatoms. The second-order valence-corrected chi connectivity index (χ2v) is 5.51. The van der Waals surface area contributed by atoms with Crippen LogP contribution in [0.1, 0.15) is 39.8 Å². The fraction of sp³-hybridized carbons (Fsp3) is 0.643. The number of hydrogen-bond acceptors (Lipinski definition) is 3. The quantitative estimate of drug-likeness (QED) is 0.850. The van der Waals surface area contributed by atoms with Gasteiger partial charge in [0.2, 0.25) is 0 Å². The summed E-state index contributed by atoms with van der Waals surface area (Å²) in [6, 6.07) is 6.21. The lowest BCUT2D eigenvalue weighted by Gasteiger charge is -2.21. The molecule has 0 aromatic carbocycles. The highest BCUT2D eigenvalue weighted by Gasteiger charge is 2.09. The van der Waals surface area contributed by atoms with Gasteiger partial charge in [-0.05, 0) is 39.3 Å². The maximum absolute atomic E-state index is 4.66.